The molecule has 3 aliphatic rings. The fourth-order valence-electron chi connectivity index (χ4n) is 5.30. The van der Waals surface area contributed by atoms with E-state index in [0.29, 0.717) is 51.3 Å². The molecule has 182 valence electrons. The van der Waals surface area contributed by atoms with Crippen molar-refractivity contribution < 1.29 is 19.2 Å². The number of carbonyl (C=O) groups excluding carboxylic acids is 2. The molecule has 0 spiro atoms. The maximum atomic E-state index is 12.9. The topological polar surface area (TPSA) is 96.2 Å². The molecule has 2 saturated heterocycles. The van der Waals surface area contributed by atoms with Crippen molar-refractivity contribution in [1.82, 2.24) is 0 Å². The number of allylic oxidation sites excluding steroid dienone is 2. The fraction of sp³-hybridized carbons (Fsp3) is 0.385. The third-order valence-electron chi connectivity index (χ3n) is 7.05. The van der Waals surface area contributed by atoms with Crippen LogP contribution in [-0.4, -0.2) is 49.5 Å². The number of benzene rings is 2. The van der Waals surface area contributed by atoms with Crippen molar-refractivity contribution >= 4 is 34.6 Å². The number of fused-ring (bicyclic) bond motifs is 1. The van der Waals surface area contributed by atoms with Gasteiger partial charge in [-0.25, -0.2) is 4.90 Å². The number of nitrogens with zero attached hydrogens (tertiary/aromatic N) is 4. The van der Waals surface area contributed by atoms with E-state index in [4.69, 9.17) is 4.74 Å². The quantitative estimate of drug-likeness (QED) is 0.271. The van der Waals surface area contributed by atoms with Crippen LogP contribution < -0.4 is 19.4 Å². The van der Waals surface area contributed by atoms with Gasteiger partial charge in [-0.2, -0.15) is 0 Å². The SMILES string of the molecule is CCOc1ccccc1N1CCN(c2ccc(N3C(=O)[C@H]4CC=CC[C@H]4C3=O)cc2[N+](=O)[O-])CC1. The lowest BCUT2D eigenvalue weighted by Gasteiger charge is -2.37. The Morgan fingerprint density at radius 1 is 0.914 bits per heavy atom. The Labute approximate surface area is 203 Å². The van der Waals surface area contributed by atoms with Crippen LogP contribution in [0.1, 0.15) is 19.8 Å². The number of ether oxygens (including phenoxy) is 1. The molecule has 9 heteroatoms. The molecule has 0 aromatic heterocycles. The van der Waals surface area contributed by atoms with Crippen molar-refractivity contribution in [3.8, 4) is 5.75 Å². The lowest BCUT2D eigenvalue weighted by molar-refractivity contribution is -0.384. The van der Waals surface area contributed by atoms with Gasteiger partial charge in [-0.1, -0.05) is 24.3 Å². The minimum absolute atomic E-state index is 0.0979. The lowest BCUT2D eigenvalue weighted by atomic mass is 9.85. The second kappa shape index (κ2) is 9.40. The van der Waals surface area contributed by atoms with Crippen LogP contribution in [0.3, 0.4) is 0 Å². The summed E-state index contributed by atoms with van der Waals surface area (Å²) in [5.41, 5.74) is 1.68. The molecule has 0 unspecified atom stereocenters. The Balaban J connectivity index is 1.36. The van der Waals surface area contributed by atoms with E-state index >= 15 is 0 Å². The first-order valence-electron chi connectivity index (χ1n) is 12.0. The number of hydrogen-bond donors (Lipinski definition) is 0. The normalized spacial score (nSPS) is 21.9. The van der Waals surface area contributed by atoms with Crippen molar-refractivity contribution in [3.63, 3.8) is 0 Å². The van der Waals surface area contributed by atoms with E-state index in [1.807, 2.05) is 48.2 Å². The van der Waals surface area contributed by atoms with Gasteiger partial charge in [-0.3, -0.25) is 19.7 Å². The number of piperazine rings is 1. The third-order valence-corrected chi connectivity index (χ3v) is 7.05. The van der Waals surface area contributed by atoms with Gasteiger partial charge < -0.3 is 14.5 Å². The summed E-state index contributed by atoms with van der Waals surface area (Å²) in [5, 5.41) is 12.0. The molecule has 2 amide bonds. The molecule has 2 fully saturated rings. The summed E-state index contributed by atoms with van der Waals surface area (Å²) in [6, 6.07) is 12.6. The summed E-state index contributed by atoms with van der Waals surface area (Å²) in [6.07, 6.45) is 4.91. The fourth-order valence-corrected chi connectivity index (χ4v) is 5.30. The average molecular weight is 477 g/mol. The van der Waals surface area contributed by atoms with E-state index in [0.717, 1.165) is 16.3 Å². The minimum atomic E-state index is -0.435. The van der Waals surface area contributed by atoms with Crippen LogP contribution >= 0.6 is 0 Å². The molecule has 1 aliphatic carbocycles. The van der Waals surface area contributed by atoms with E-state index in [1.54, 1.807) is 12.1 Å². The van der Waals surface area contributed by atoms with Crippen LogP contribution in [-0.2, 0) is 9.59 Å². The Bertz CT molecular complexity index is 1160. The first kappa shape index (κ1) is 22.9. The van der Waals surface area contributed by atoms with Gasteiger partial charge in [0.05, 0.1) is 34.7 Å². The van der Waals surface area contributed by atoms with Crippen molar-refractivity contribution in [1.29, 1.82) is 0 Å². The third kappa shape index (κ3) is 4.11. The van der Waals surface area contributed by atoms with Crippen LogP contribution in [0, 0.1) is 22.0 Å². The second-order valence-electron chi connectivity index (χ2n) is 8.97. The maximum Gasteiger partial charge on any atom is 0.294 e. The molecule has 0 saturated carbocycles. The van der Waals surface area contributed by atoms with E-state index in [2.05, 4.69) is 4.90 Å². The number of para-hydroxylation sites is 2. The number of carbonyl (C=O) groups is 2. The number of nitro groups is 1. The molecule has 2 aromatic rings. The summed E-state index contributed by atoms with van der Waals surface area (Å²) in [6.45, 7) is 5.09. The predicted octanol–water partition coefficient (Wildman–Crippen LogP) is 3.78. The minimum Gasteiger partial charge on any atom is -0.492 e. The highest BCUT2D eigenvalue weighted by Gasteiger charge is 2.48. The molecule has 0 bridgehead atoms. The van der Waals surface area contributed by atoms with Gasteiger partial charge in [0.2, 0.25) is 11.8 Å². The van der Waals surface area contributed by atoms with E-state index in [-0.39, 0.29) is 35.0 Å². The number of hydrogen-bond acceptors (Lipinski definition) is 7. The summed E-state index contributed by atoms with van der Waals surface area (Å²) in [7, 11) is 0. The number of rotatable bonds is 6. The van der Waals surface area contributed by atoms with Crippen LogP contribution in [0.4, 0.5) is 22.7 Å². The van der Waals surface area contributed by atoms with Crippen molar-refractivity contribution in [2.75, 3.05) is 47.5 Å². The Morgan fingerprint density at radius 3 is 2.11 bits per heavy atom. The molecule has 2 atom stereocenters. The predicted molar refractivity (Wildman–Crippen MR) is 133 cm³/mol. The smallest absolute Gasteiger partial charge is 0.294 e. The first-order valence-corrected chi connectivity index (χ1v) is 12.0. The standard InChI is InChI=1S/C26H28N4O5/c1-2-35-24-10-6-5-9-22(24)28-15-13-27(14-16-28)21-12-11-18(17-23(21)30(33)34)29-25(31)19-7-3-4-8-20(19)26(29)32/h3-6,9-12,17,19-20H,2,7-8,13-16H2,1H3/t19-,20+. The van der Waals surface area contributed by atoms with Gasteiger partial charge >= 0.3 is 0 Å². The number of nitro benzene ring substituents is 1. The average Bonchev–Trinajstić information content (AvgIpc) is 3.14. The molecular weight excluding hydrogens is 448 g/mol. The Hall–Kier alpha value is -3.88. The van der Waals surface area contributed by atoms with Gasteiger partial charge in [0.25, 0.3) is 5.69 Å². The molecule has 2 aromatic carbocycles. The number of anilines is 3. The molecule has 2 heterocycles. The van der Waals surface area contributed by atoms with Gasteiger partial charge in [-0.15, -0.1) is 0 Å². The first-order chi connectivity index (χ1) is 17.0. The van der Waals surface area contributed by atoms with Crippen molar-refractivity contribution in [3.05, 3.63) is 64.7 Å². The summed E-state index contributed by atoms with van der Waals surface area (Å²) >= 11 is 0. The Kier molecular flexibility index (Phi) is 6.15. The van der Waals surface area contributed by atoms with Crippen molar-refractivity contribution in [2.45, 2.75) is 19.8 Å². The number of imide groups is 1. The maximum absolute atomic E-state index is 12.9. The van der Waals surface area contributed by atoms with E-state index < -0.39 is 4.92 Å². The van der Waals surface area contributed by atoms with Gasteiger partial charge in [0, 0.05) is 32.2 Å². The summed E-state index contributed by atoms with van der Waals surface area (Å²) < 4.78 is 5.76. The lowest BCUT2D eigenvalue weighted by Crippen LogP contribution is -2.46. The van der Waals surface area contributed by atoms with Crippen LogP contribution in [0.5, 0.6) is 5.75 Å². The van der Waals surface area contributed by atoms with Crippen LogP contribution in [0.25, 0.3) is 0 Å². The molecule has 9 nitrogen and oxygen atoms in total. The molecule has 2 aliphatic heterocycles. The molecule has 35 heavy (non-hydrogen) atoms. The summed E-state index contributed by atoms with van der Waals surface area (Å²) in [5.74, 6) is -0.465. The molecule has 0 N–H and O–H groups in total. The zero-order valence-corrected chi connectivity index (χ0v) is 19.6. The second-order valence-corrected chi connectivity index (χ2v) is 8.97. The van der Waals surface area contributed by atoms with E-state index in [1.165, 1.54) is 6.07 Å². The highest BCUT2D eigenvalue weighted by molar-refractivity contribution is 6.22. The summed E-state index contributed by atoms with van der Waals surface area (Å²) in [4.78, 5) is 42.8. The van der Waals surface area contributed by atoms with Crippen LogP contribution in [0.15, 0.2) is 54.6 Å². The molecule has 0 radical (unpaired) electrons. The van der Waals surface area contributed by atoms with Gasteiger partial charge in [0.15, 0.2) is 0 Å². The highest BCUT2D eigenvalue weighted by atomic mass is 16.6. The van der Waals surface area contributed by atoms with Crippen LogP contribution in [0.2, 0.25) is 0 Å². The zero-order valence-electron chi connectivity index (χ0n) is 19.6. The number of amides is 2. The van der Waals surface area contributed by atoms with Gasteiger partial charge in [0.1, 0.15) is 11.4 Å². The Morgan fingerprint density at radius 2 is 1.51 bits per heavy atom. The highest BCUT2D eigenvalue weighted by Crippen LogP contribution is 2.40. The largest absolute Gasteiger partial charge is 0.492 e. The van der Waals surface area contributed by atoms with Crippen molar-refractivity contribution in [2.24, 2.45) is 11.8 Å². The zero-order chi connectivity index (χ0) is 24.5. The van der Waals surface area contributed by atoms with E-state index in [9.17, 15) is 19.7 Å². The molecular formula is C26H28N4O5. The molecule has 5 rings (SSSR count). The monoisotopic (exact) mass is 476 g/mol. The van der Waals surface area contributed by atoms with Gasteiger partial charge in [-0.05, 0) is 44.0 Å².